The van der Waals surface area contributed by atoms with Gasteiger partial charge in [0.15, 0.2) is 11.2 Å². The molecule has 0 saturated heterocycles. The molecule has 2 aromatic carbocycles. The fourth-order valence-corrected chi connectivity index (χ4v) is 3.53. The van der Waals surface area contributed by atoms with Crippen LogP contribution in [0, 0.1) is 0 Å². The second-order valence-electron chi connectivity index (χ2n) is 6.66. The average Bonchev–Trinajstić information content (AvgIpc) is 3.07. The third-order valence-electron chi connectivity index (χ3n) is 4.66. The van der Waals surface area contributed by atoms with Gasteiger partial charge in [0.05, 0.1) is 16.6 Å². The zero-order valence-corrected chi connectivity index (χ0v) is 18.2. The van der Waals surface area contributed by atoms with Crippen molar-refractivity contribution in [1.29, 1.82) is 0 Å². The molecule has 0 bridgehead atoms. The molecule has 154 valence electrons. The number of rotatable bonds is 4. The quantitative estimate of drug-likeness (QED) is 0.452. The normalized spacial score (nSPS) is 11.2. The van der Waals surface area contributed by atoms with Crippen molar-refractivity contribution in [3.05, 3.63) is 83.9 Å². The van der Waals surface area contributed by atoms with Crippen LogP contribution >= 0.6 is 34.8 Å². The van der Waals surface area contributed by atoms with E-state index < -0.39 is 11.2 Å². The number of nitrogens with zero attached hydrogens (tertiary/aromatic N) is 4. The summed E-state index contributed by atoms with van der Waals surface area (Å²) in [6, 6.07) is 12.0. The third kappa shape index (κ3) is 3.60. The predicted octanol–water partition coefficient (Wildman–Crippen LogP) is 4.23. The first-order valence-corrected chi connectivity index (χ1v) is 9.93. The number of ether oxygens (including phenoxy) is 1. The highest BCUT2D eigenvalue weighted by Gasteiger charge is 2.21. The molecule has 0 fully saturated rings. The van der Waals surface area contributed by atoms with Gasteiger partial charge in [0.2, 0.25) is 0 Å². The monoisotopic (exact) mass is 464 g/mol. The van der Waals surface area contributed by atoms with Crippen LogP contribution < -0.4 is 16.0 Å². The van der Waals surface area contributed by atoms with Crippen molar-refractivity contribution in [3.8, 4) is 11.8 Å². The molecule has 0 N–H and O–H groups in total. The summed E-state index contributed by atoms with van der Waals surface area (Å²) in [6.07, 6.45) is 0. The fourth-order valence-electron chi connectivity index (χ4n) is 3.08. The summed E-state index contributed by atoms with van der Waals surface area (Å²) < 4.78 is 9.87. The summed E-state index contributed by atoms with van der Waals surface area (Å²) in [6.45, 7) is 0.226. The molecule has 2 heterocycles. The molecule has 4 rings (SSSR count). The maximum atomic E-state index is 12.9. The van der Waals surface area contributed by atoms with Crippen LogP contribution in [-0.4, -0.2) is 18.7 Å². The number of halogens is 3. The number of hydrogen-bond donors (Lipinski definition) is 0. The molecule has 0 saturated carbocycles. The van der Waals surface area contributed by atoms with Crippen LogP contribution in [0.5, 0.6) is 11.8 Å². The minimum Gasteiger partial charge on any atom is -0.425 e. The summed E-state index contributed by atoms with van der Waals surface area (Å²) >= 11 is 18.1. The smallest absolute Gasteiger partial charge is 0.332 e. The van der Waals surface area contributed by atoms with Gasteiger partial charge in [0.25, 0.3) is 5.56 Å². The maximum Gasteiger partial charge on any atom is 0.332 e. The number of hydrogen-bond acceptors (Lipinski definition) is 4. The first-order chi connectivity index (χ1) is 14.3. The first kappa shape index (κ1) is 20.5. The second kappa shape index (κ2) is 7.83. The molecule has 2 aromatic heterocycles. The van der Waals surface area contributed by atoms with Gasteiger partial charge in [-0.1, -0.05) is 40.9 Å². The number of benzene rings is 2. The Morgan fingerprint density at radius 3 is 2.30 bits per heavy atom. The zero-order valence-electron chi connectivity index (χ0n) is 15.9. The number of aryl methyl sites for hydroxylation is 1. The Bertz CT molecular complexity index is 1390. The van der Waals surface area contributed by atoms with Gasteiger partial charge in [0, 0.05) is 19.1 Å². The molecular weight excluding hydrogens is 451 g/mol. The first-order valence-electron chi connectivity index (χ1n) is 8.80. The Balaban J connectivity index is 1.93. The van der Waals surface area contributed by atoms with Crippen LogP contribution in [-0.2, 0) is 20.6 Å². The summed E-state index contributed by atoms with van der Waals surface area (Å²) in [7, 11) is 2.97. The Morgan fingerprint density at radius 2 is 1.63 bits per heavy atom. The molecule has 4 aromatic rings. The Hall–Kier alpha value is -2.74. The van der Waals surface area contributed by atoms with Gasteiger partial charge in [-0.2, -0.15) is 4.98 Å². The Kier molecular flexibility index (Phi) is 5.36. The van der Waals surface area contributed by atoms with E-state index >= 15 is 0 Å². The highest BCUT2D eigenvalue weighted by Crippen LogP contribution is 2.28. The van der Waals surface area contributed by atoms with E-state index in [9.17, 15) is 9.59 Å². The molecule has 0 unspecified atom stereocenters. The van der Waals surface area contributed by atoms with Crippen molar-refractivity contribution in [3.63, 3.8) is 0 Å². The SMILES string of the molecule is Cn1c(=O)c2c(nc(Oc3ccc(Cl)cc3)n2Cc2ccc(Cl)c(Cl)c2)n(C)c1=O. The van der Waals surface area contributed by atoms with Crippen molar-refractivity contribution in [1.82, 2.24) is 18.7 Å². The van der Waals surface area contributed by atoms with Gasteiger partial charge in [-0.25, -0.2) is 4.79 Å². The van der Waals surface area contributed by atoms with E-state index in [0.717, 1.165) is 10.1 Å². The van der Waals surface area contributed by atoms with E-state index in [-0.39, 0.29) is 23.7 Å². The van der Waals surface area contributed by atoms with Crippen molar-refractivity contribution in [2.45, 2.75) is 6.54 Å². The van der Waals surface area contributed by atoms with Gasteiger partial charge in [-0.05, 0) is 42.0 Å². The summed E-state index contributed by atoms with van der Waals surface area (Å²) in [5.41, 5.74) is 0.263. The van der Waals surface area contributed by atoms with E-state index in [1.807, 2.05) is 0 Å². The van der Waals surface area contributed by atoms with Crippen LogP contribution in [0.2, 0.25) is 15.1 Å². The van der Waals surface area contributed by atoms with Gasteiger partial charge in [-0.15, -0.1) is 0 Å². The topological polar surface area (TPSA) is 71.1 Å². The molecule has 10 heteroatoms. The van der Waals surface area contributed by atoms with Gasteiger partial charge in [0.1, 0.15) is 5.75 Å². The van der Waals surface area contributed by atoms with Crippen molar-refractivity contribution >= 4 is 46.0 Å². The van der Waals surface area contributed by atoms with Gasteiger partial charge in [-0.3, -0.25) is 18.5 Å². The summed E-state index contributed by atoms with van der Waals surface area (Å²) in [5, 5.41) is 1.37. The highest BCUT2D eigenvalue weighted by molar-refractivity contribution is 6.42. The molecule has 30 heavy (non-hydrogen) atoms. The van der Waals surface area contributed by atoms with Crippen LogP contribution in [0.15, 0.2) is 52.1 Å². The van der Waals surface area contributed by atoms with Gasteiger partial charge >= 0.3 is 11.7 Å². The van der Waals surface area contributed by atoms with E-state index in [4.69, 9.17) is 39.5 Å². The lowest BCUT2D eigenvalue weighted by Crippen LogP contribution is -2.37. The number of aromatic nitrogens is 4. The molecule has 0 atom stereocenters. The third-order valence-corrected chi connectivity index (χ3v) is 5.65. The van der Waals surface area contributed by atoms with Crippen LogP contribution in [0.3, 0.4) is 0 Å². The summed E-state index contributed by atoms with van der Waals surface area (Å²) in [5.74, 6) is 0.479. The minimum atomic E-state index is -0.482. The summed E-state index contributed by atoms with van der Waals surface area (Å²) in [4.78, 5) is 29.7. The zero-order chi connectivity index (χ0) is 21.6. The highest BCUT2D eigenvalue weighted by atomic mass is 35.5. The standard InChI is InChI=1S/C20H15Cl3N4O3/c1-25-17-16(18(28)26(2)20(25)29)27(10-11-3-8-14(22)15(23)9-11)19(24-17)30-13-6-4-12(21)5-7-13/h3-9H,10H2,1-2H3. The maximum absolute atomic E-state index is 12.9. The largest absolute Gasteiger partial charge is 0.425 e. The fraction of sp³-hybridized carbons (Fsp3) is 0.150. The molecule has 0 aliphatic rings. The van der Waals surface area contributed by atoms with Crippen molar-refractivity contribution in [2.75, 3.05) is 0 Å². The molecule has 0 radical (unpaired) electrons. The second-order valence-corrected chi connectivity index (χ2v) is 7.91. The van der Waals surface area contributed by atoms with Crippen molar-refractivity contribution in [2.24, 2.45) is 14.1 Å². The van der Waals surface area contributed by atoms with Crippen LogP contribution in [0.25, 0.3) is 11.2 Å². The van der Waals surface area contributed by atoms with E-state index in [1.165, 1.54) is 11.6 Å². The molecular formula is C20H15Cl3N4O3. The lowest BCUT2D eigenvalue weighted by molar-refractivity contribution is 0.421. The Morgan fingerprint density at radius 1 is 0.933 bits per heavy atom. The lowest BCUT2D eigenvalue weighted by Gasteiger charge is -2.11. The predicted molar refractivity (Wildman–Crippen MR) is 117 cm³/mol. The number of imidazole rings is 1. The van der Waals surface area contributed by atoms with E-state index in [0.29, 0.717) is 20.8 Å². The lowest BCUT2D eigenvalue weighted by atomic mass is 10.2. The molecule has 0 aliphatic carbocycles. The van der Waals surface area contributed by atoms with Crippen LogP contribution in [0.1, 0.15) is 5.56 Å². The van der Waals surface area contributed by atoms with E-state index in [1.54, 1.807) is 54.1 Å². The molecule has 7 nitrogen and oxygen atoms in total. The molecule has 0 amide bonds. The number of fused-ring (bicyclic) bond motifs is 1. The van der Waals surface area contributed by atoms with Gasteiger partial charge < -0.3 is 4.74 Å². The van der Waals surface area contributed by atoms with Crippen LogP contribution in [0.4, 0.5) is 0 Å². The van der Waals surface area contributed by atoms with Crippen molar-refractivity contribution < 1.29 is 4.74 Å². The molecule has 0 aliphatic heterocycles. The molecule has 0 spiro atoms. The minimum absolute atomic E-state index is 0.150. The van der Waals surface area contributed by atoms with E-state index in [2.05, 4.69) is 4.98 Å². The Labute approximate surface area is 185 Å². The average molecular weight is 466 g/mol.